The molecule has 1 fully saturated rings. The number of hydrogen-bond acceptors (Lipinski definition) is 5. The molecule has 1 saturated heterocycles. The van der Waals surface area contributed by atoms with E-state index in [-0.39, 0.29) is 30.7 Å². The quantitative estimate of drug-likeness (QED) is 0.822. The predicted molar refractivity (Wildman–Crippen MR) is 104 cm³/mol. The van der Waals surface area contributed by atoms with Crippen molar-refractivity contribution in [3.05, 3.63) is 41.7 Å². The average Bonchev–Trinajstić information content (AvgIpc) is 3.26. The molecule has 0 saturated carbocycles. The van der Waals surface area contributed by atoms with E-state index in [9.17, 15) is 14.4 Å². The van der Waals surface area contributed by atoms with Gasteiger partial charge in [-0.15, -0.1) is 0 Å². The van der Waals surface area contributed by atoms with Gasteiger partial charge in [0, 0.05) is 31.8 Å². The van der Waals surface area contributed by atoms with Crippen LogP contribution < -0.4 is 10.2 Å². The van der Waals surface area contributed by atoms with E-state index in [1.54, 1.807) is 24.9 Å². The molecule has 28 heavy (non-hydrogen) atoms. The van der Waals surface area contributed by atoms with Crippen molar-refractivity contribution in [1.82, 2.24) is 10.1 Å². The first-order valence-electron chi connectivity index (χ1n) is 9.24. The van der Waals surface area contributed by atoms with Crippen LogP contribution in [0.25, 0.3) is 0 Å². The molecule has 1 unspecified atom stereocenters. The molecule has 1 aromatic carbocycles. The standard InChI is InChI=1S/C20H24N4O4/c1-4-14-5-7-16(8-6-14)24-11-15(10-19(24)26)20(27)23(3)12-18(25)21-17-9-13(2)28-22-17/h5-9,15H,4,10-12H2,1-3H3,(H,21,22,25). The van der Waals surface area contributed by atoms with Gasteiger partial charge in [0.25, 0.3) is 0 Å². The lowest BCUT2D eigenvalue weighted by atomic mass is 10.1. The molecule has 1 aromatic heterocycles. The number of benzene rings is 1. The normalized spacial score (nSPS) is 16.3. The van der Waals surface area contributed by atoms with Crippen molar-refractivity contribution < 1.29 is 18.9 Å². The fraction of sp³-hybridized carbons (Fsp3) is 0.400. The number of anilines is 2. The van der Waals surface area contributed by atoms with Crippen molar-refractivity contribution >= 4 is 29.2 Å². The van der Waals surface area contributed by atoms with Crippen molar-refractivity contribution in [2.24, 2.45) is 5.92 Å². The Hall–Kier alpha value is -3.16. The maximum atomic E-state index is 12.7. The Morgan fingerprint density at radius 2 is 2.04 bits per heavy atom. The zero-order valence-electron chi connectivity index (χ0n) is 16.3. The van der Waals surface area contributed by atoms with E-state index < -0.39 is 5.92 Å². The summed E-state index contributed by atoms with van der Waals surface area (Å²) in [6, 6.07) is 9.37. The summed E-state index contributed by atoms with van der Waals surface area (Å²) in [6.45, 7) is 3.98. The Bertz CT molecular complexity index is 875. The Labute approximate surface area is 163 Å². The van der Waals surface area contributed by atoms with Crippen molar-refractivity contribution in [1.29, 1.82) is 0 Å². The molecule has 0 aliphatic carbocycles. The molecule has 148 valence electrons. The van der Waals surface area contributed by atoms with Crippen molar-refractivity contribution in [2.45, 2.75) is 26.7 Å². The molecule has 2 heterocycles. The highest BCUT2D eigenvalue weighted by molar-refractivity contribution is 6.01. The second-order valence-electron chi connectivity index (χ2n) is 6.99. The van der Waals surface area contributed by atoms with E-state index in [1.165, 1.54) is 10.5 Å². The fourth-order valence-corrected chi connectivity index (χ4v) is 3.25. The Balaban J connectivity index is 1.57. The molecule has 3 rings (SSSR count). The van der Waals surface area contributed by atoms with Gasteiger partial charge in [0.05, 0.1) is 12.5 Å². The van der Waals surface area contributed by atoms with Crippen LogP contribution in [0.5, 0.6) is 0 Å². The van der Waals surface area contributed by atoms with Crippen LogP contribution in [0.1, 0.15) is 24.7 Å². The van der Waals surface area contributed by atoms with Gasteiger partial charge in [0.15, 0.2) is 5.82 Å². The Morgan fingerprint density at radius 1 is 1.32 bits per heavy atom. The van der Waals surface area contributed by atoms with Crippen LogP contribution in [0.4, 0.5) is 11.5 Å². The van der Waals surface area contributed by atoms with Gasteiger partial charge in [-0.3, -0.25) is 14.4 Å². The molecule has 8 nitrogen and oxygen atoms in total. The monoisotopic (exact) mass is 384 g/mol. The van der Waals surface area contributed by atoms with E-state index in [0.29, 0.717) is 18.1 Å². The minimum atomic E-state index is -0.467. The van der Waals surface area contributed by atoms with Crippen LogP contribution >= 0.6 is 0 Å². The molecular weight excluding hydrogens is 360 g/mol. The summed E-state index contributed by atoms with van der Waals surface area (Å²) in [5.41, 5.74) is 1.98. The highest BCUT2D eigenvalue weighted by atomic mass is 16.5. The summed E-state index contributed by atoms with van der Waals surface area (Å²) in [5, 5.41) is 6.27. The summed E-state index contributed by atoms with van der Waals surface area (Å²) < 4.78 is 4.89. The van der Waals surface area contributed by atoms with E-state index in [2.05, 4.69) is 17.4 Å². The second-order valence-corrected chi connectivity index (χ2v) is 6.99. The zero-order valence-corrected chi connectivity index (χ0v) is 16.3. The van der Waals surface area contributed by atoms with E-state index in [0.717, 1.165) is 12.1 Å². The summed E-state index contributed by atoms with van der Waals surface area (Å²) in [5.74, 6) is -0.269. The zero-order chi connectivity index (χ0) is 20.3. The van der Waals surface area contributed by atoms with E-state index >= 15 is 0 Å². The van der Waals surface area contributed by atoms with Gasteiger partial charge >= 0.3 is 0 Å². The van der Waals surface area contributed by atoms with Crippen LogP contribution in [0, 0.1) is 12.8 Å². The number of carbonyl (C=O) groups excluding carboxylic acids is 3. The van der Waals surface area contributed by atoms with Crippen LogP contribution in [-0.4, -0.2) is 47.9 Å². The summed E-state index contributed by atoms with van der Waals surface area (Å²) in [7, 11) is 1.55. The topological polar surface area (TPSA) is 95.8 Å². The molecule has 0 radical (unpaired) electrons. The number of nitrogens with one attached hydrogen (secondary N) is 1. The maximum Gasteiger partial charge on any atom is 0.245 e. The average molecular weight is 384 g/mol. The van der Waals surface area contributed by atoms with Gasteiger partial charge < -0.3 is 19.6 Å². The first-order chi connectivity index (χ1) is 13.4. The first kappa shape index (κ1) is 19.6. The number of carbonyl (C=O) groups is 3. The molecule has 0 bridgehead atoms. The van der Waals surface area contributed by atoms with E-state index in [4.69, 9.17) is 4.52 Å². The lowest BCUT2D eigenvalue weighted by molar-refractivity contribution is -0.137. The van der Waals surface area contributed by atoms with Crippen LogP contribution in [-0.2, 0) is 20.8 Å². The number of hydrogen-bond donors (Lipinski definition) is 1. The summed E-state index contributed by atoms with van der Waals surface area (Å²) in [4.78, 5) is 40.2. The van der Waals surface area contributed by atoms with Gasteiger partial charge in [0.1, 0.15) is 5.76 Å². The third-order valence-electron chi connectivity index (χ3n) is 4.78. The second kappa shape index (κ2) is 8.24. The first-order valence-corrected chi connectivity index (χ1v) is 9.24. The van der Waals surface area contributed by atoms with Crippen molar-refractivity contribution in [3.63, 3.8) is 0 Å². The van der Waals surface area contributed by atoms with Gasteiger partial charge in [-0.25, -0.2) is 0 Å². The minimum Gasteiger partial charge on any atom is -0.360 e. The Kier molecular flexibility index (Phi) is 5.77. The SMILES string of the molecule is CCc1ccc(N2CC(C(=O)N(C)CC(=O)Nc3cc(C)on3)CC2=O)cc1. The van der Waals surface area contributed by atoms with Gasteiger partial charge in [-0.05, 0) is 31.0 Å². The molecule has 3 amide bonds. The lowest BCUT2D eigenvalue weighted by Crippen LogP contribution is -2.39. The molecule has 1 aliphatic rings. The van der Waals surface area contributed by atoms with Gasteiger partial charge in [-0.1, -0.05) is 24.2 Å². The number of likely N-dealkylation sites (N-methyl/N-ethyl adjacent to an activating group) is 1. The molecular formula is C20H24N4O4. The van der Waals surface area contributed by atoms with Crippen LogP contribution in [0.15, 0.2) is 34.9 Å². The Morgan fingerprint density at radius 3 is 2.64 bits per heavy atom. The summed E-state index contributed by atoms with van der Waals surface area (Å²) in [6.07, 6.45) is 1.07. The highest BCUT2D eigenvalue weighted by Crippen LogP contribution is 2.26. The van der Waals surface area contributed by atoms with Gasteiger partial charge in [0.2, 0.25) is 17.7 Å². The number of amides is 3. The maximum absolute atomic E-state index is 12.7. The lowest BCUT2D eigenvalue weighted by Gasteiger charge is -2.21. The summed E-state index contributed by atoms with van der Waals surface area (Å²) >= 11 is 0. The predicted octanol–water partition coefficient (Wildman–Crippen LogP) is 2.00. The number of aromatic nitrogens is 1. The van der Waals surface area contributed by atoms with Crippen LogP contribution in [0.3, 0.4) is 0 Å². The molecule has 8 heteroatoms. The van der Waals surface area contributed by atoms with Crippen LogP contribution in [0.2, 0.25) is 0 Å². The molecule has 0 spiro atoms. The third kappa shape index (κ3) is 4.39. The number of nitrogens with zero attached hydrogens (tertiary/aromatic N) is 3. The number of rotatable bonds is 6. The smallest absolute Gasteiger partial charge is 0.245 e. The van der Waals surface area contributed by atoms with Gasteiger partial charge in [-0.2, -0.15) is 0 Å². The molecule has 2 aromatic rings. The van der Waals surface area contributed by atoms with E-state index in [1.807, 2.05) is 24.3 Å². The fourth-order valence-electron chi connectivity index (χ4n) is 3.25. The highest BCUT2D eigenvalue weighted by Gasteiger charge is 2.36. The molecule has 1 atom stereocenters. The minimum absolute atomic E-state index is 0.0847. The van der Waals surface area contributed by atoms with Crippen molar-refractivity contribution in [2.75, 3.05) is 30.4 Å². The third-order valence-corrected chi connectivity index (χ3v) is 4.78. The molecule has 1 N–H and O–H groups in total. The largest absolute Gasteiger partial charge is 0.360 e. The molecule has 1 aliphatic heterocycles. The van der Waals surface area contributed by atoms with Crippen molar-refractivity contribution in [3.8, 4) is 0 Å². The number of aryl methyl sites for hydroxylation is 2.